The number of hydrogen-bond acceptors (Lipinski definition) is 3. The summed E-state index contributed by atoms with van der Waals surface area (Å²) in [6.07, 6.45) is -0.551. The largest absolute Gasteiger partial charge is 0.449 e. The molecule has 1 aromatic heterocycles. The van der Waals surface area contributed by atoms with E-state index in [1.165, 1.54) is 0 Å². The number of pyridine rings is 1. The van der Waals surface area contributed by atoms with Crippen LogP contribution < -0.4 is 0 Å². The highest BCUT2D eigenvalue weighted by atomic mass is 79.9. The Morgan fingerprint density at radius 3 is 2.06 bits per heavy atom. The summed E-state index contributed by atoms with van der Waals surface area (Å²) in [5.41, 5.74) is 5.43. The van der Waals surface area contributed by atoms with Crippen molar-refractivity contribution in [2.45, 2.75) is 13.0 Å². The summed E-state index contributed by atoms with van der Waals surface area (Å²) in [5.74, 6) is -0.435. The molecule has 0 saturated heterocycles. The van der Waals surface area contributed by atoms with Crippen LogP contribution in [0.4, 0.5) is 0 Å². The monoisotopic (exact) mass is 541 g/mol. The second-order valence-corrected chi connectivity index (χ2v) is 9.64. The Hall–Kier alpha value is -3.47. The zero-order valence-electron chi connectivity index (χ0n) is 18.9. The SMILES string of the molecule is Cc1cc(Cl)cc2c(C(=O)OC(c3ccccc3)c3ccccc3)cc(-c3ccc(Br)cc3)nc12. The average molecular weight is 543 g/mol. The summed E-state index contributed by atoms with van der Waals surface area (Å²) in [6.45, 7) is 1.94. The molecule has 0 atom stereocenters. The third kappa shape index (κ3) is 5.00. The highest BCUT2D eigenvalue weighted by molar-refractivity contribution is 9.10. The van der Waals surface area contributed by atoms with Crippen molar-refractivity contribution in [3.05, 3.63) is 135 Å². The maximum absolute atomic E-state index is 13.8. The Kier molecular flexibility index (Phi) is 6.67. The van der Waals surface area contributed by atoms with E-state index in [2.05, 4.69) is 15.9 Å². The lowest BCUT2D eigenvalue weighted by Gasteiger charge is -2.20. The van der Waals surface area contributed by atoms with Gasteiger partial charge in [-0.1, -0.05) is 100 Å². The lowest BCUT2D eigenvalue weighted by atomic mass is 10.00. The Morgan fingerprint density at radius 2 is 1.46 bits per heavy atom. The van der Waals surface area contributed by atoms with Gasteiger partial charge in [0.15, 0.2) is 6.10 Å². The van der Waals surface area contributed by atoms with Crippen molar-refractivity contribution in [2.75, 3.05) is 0 Å². The standard InChI is InChI=1S/C30H21BrClNO2/c1-19-16-24(32)17-25-26(18-27(33-28(19)25)20-12-14-23(31)15-13-20)30(34)35-29(21-8-4-2-5-9-21)22-10-6-3-7-11-22/h2-18,29H,1H3. The number of fused-ring (bicyclic) bond motifs is 1. The molecule has 4 aromatic carbocycles. The number of hydrogen-bond donors (Lipinski definition) is 0. The van der Waals surface area contributed by atoms with Crippen LogP contribution in [0.25, 0.3) is 22.2 Å². The van der Waals surface area contributed by atoms with Gasteiger partial charge in [0.05, 0.1) is 16.8 Å². The van der Waals surface area contributed by atoms with Gasteiger partial charge < -0.3 is 4.74 Å². The molecule has 0 bridgehead atoms. The molecule has 0 amide bonds. The lowest BCUT2D eigenvalue weighted by molar-refractivity contribution is 0.0380. The van der Waals surface area contributed by atoms with Gasteiger partial charge in [0.1, 0.15) is 0 Å². The number of benzene rings is 4. The minimum atomic E-state index is -0.551. The molecule has 0 radical (unpaired) electrons. The second-order valence-electron chi connectivity index (χ2n) is 8.29. The Morgan fingerprint density at radius 1 is 0.857 bits per heavy atom. The minimum absolute atomic E-state index is 0.426. The van der Waals surface area contributed by atoms with Crippen molar-refractivity contribution < 1.29 is 9.53 Å². The van der Waals surface area contributed by atoms with E-state index in [9.17, 15) is 4.79 Å². The molecule has 5 heteroatoms. The van der Waals surface area contributed by atoms with E-state index in [0.29, 0.717) is 21.7 Å². The van der Waals surface area contributed by atoms with Crippen molar-refractivity contribution in [1.29, 1.82) is 0 Å². The van der Waals surface area contributed by atoms with Gasteiger partial charge in [0.25, 0.3) is 0 Å². The van der Waals surface area contributed by atoms with E-state index in [1.807, 2.05) is 97.9 Å². The zero-order chi connectivity index (χ0) is 24.4. The minimum Gasteiger partial charge on any atom is -0.449 e. The average Bonchev–Trinajstić information content (AvgIpc) is 2.88. The molecule has 0 aliphatic carbocycles. The molecule has 0 unspecified atom stereocenters. The molecule has 0 aliphatic heterocycles. The summed E-state index contributed by atoms with van der Waals surface area (Å²) in [5, 5.41) is 1.21. The number of carbonyl (C=O) groups is 1. The first-order valence-corrected chi connectivity index (χ1v) is 12.3. The highest BCUT2D eigenvalue weighted by Gasteiger charge is 2.23. The van der Waals surface area contributed by atoms with E-state index in [4.69, 9.17) is 21.3 Å². The number of esters is 1. The zero-order valence-corrected chi connectivity index (χ0v) is 21.3. The quantitative estimate of drug-likeness (QED) is 0.209. The van der Waals surface area contributed by atoms with Gasteiger partial charge in [-0.3, -0.25) is 0 Å². The van der Waals surface area contributed by atoms with Crippen molar-refractivity contribution in [3.8, 4) is 11.3 Å². The number of aromatic nitrogens is 1. The maximum Gasteiger partial charge on any atom is 0.339 e. The van der Waals surface area contributed by atoms with Crippen molar-refractivity contribution in [3.63, 3.8) is 0 Å². The molecule has 5 rings (SSSR count). The fourth-order valence-corrected chi connectivity index (χ4v) is 4.69. The van der Waals surface area contributed by atoms with Gasteiger partial charge in [0, 0.05) is 20.4 Å². The van der Waals surface area contributed by atoms with Gasteiger partial charge in [0.2, 0.25) is 0 Å². The Balaban J connectivity index is 1.64. The van der Waals surface area contributed by atoms with Crippen LogP contribution in [0.5, 0.6) is 0 Å². The number of rotatable bonds is 5. The van der Waals surface area contributed by atoms with Crippen molar-refractivity contribution in [1.82, 2.24) is 4.98 Å². The molecule has 35 heavy (non-hydrogen) atoms. The Bertz CT molecular complexity index is 1460. The molecule has 172 valence electrons. The van der Waals surface area contributed by atoms with E-state index in [-0.39, 0.29) is 0 Å². The first kappa shape index (κ1) is 23.3. The highest BCUT2D eigenvalue weighted by Crippen LogP contribution is 2.33. The molecule has 0 spiro atoms. The van der Waals surface area contributed by atoms with Crippen LogP contribution >= 0.6 is 27.5 Å². The van der Waals surface area contributed by atoms with Crippen LogP contribution in [0.1, 0.15) is 33.2 Å². The number of halogens is 2. The summed E-state index contributed by atoms with van der Waals surface area (Å²) >= 11 is 9.86. The topological polar surface area (TPSA) is 39.2 Å². The molecule has 1 heterocycles. The van der Waals surface area contributed by atoms with Gasteiger partial charge >= 0.3 is 5.97 Å². The molecule has 3 nitrogen and oxygen atoms in total. The first-order valence-electron chi connectivity index (χ1n) is 11.2. The van der Waals surface area contributed by atoms with Crippen LogP contribution in [0.2, 0.25) is 5.02 Å². The van der Waals surface area contributed by atoms with Gasteiger partial charge in [-0.15, -0.1) is 0 Å². The Labute approximate surface area is 217 Å². The molecular formula is C30H21BrClNO2. The van der Waals surface area contributed by atoms with E-state index >= 15 is 0 Å². The molecule has 0 N–H and O–H groups in total. The van der Waals surface area contributed by atoms with Gasteiger partial charge in [-0.2, -0.15) is 0 Å². The first-order chi connectivity index (χ1) is 17.0. The van der Waals surface area contributed by atoms with Crippen molar-refractivity contribution in [2.24, 2.45) is 0 Å². The summed E-state index contributed by atoms with van der Waals surface area (Å²) in [7, 11) is 0. The van der Waals surface area contributed by atoms with Crippen LogP contribution in [0, 0.1) is 6.92 Å². The smallest absolute Gasteiger partial charge is 0.339 e. The third-order valence-corrected chi connectivity index (χ3v) is 6.61. The number of carbonyl (C=O) groups excluding carboxylic acids is 1. The van der Waals surface area contributed by atoms with Crippen LogP contribution in [0.15, 0.2) is 108 Å². The number of aryl methyl sites for hydroxylation is 1. The van der Waals surface area contributed by atoms with E-state index in [0.717, 1.165) is 32.2 Å². The predicted octanol–water partition coefficient (Wildman–Crippen LogP) is 8.57. The fourth-order valence-electron chi connectivity index (χ4n) is 4.15. The molecule has 0 saturated carbocycles. The van der Waals surface area contributed by atoms with Crippen molar-refractivity contribution >= 4 is 44.4 Å². The van der Waals surface area contributed by atoms with Gasteiger partial charge in [-0.25, -0.2) is 9.78 Å². The second kappa shape index (κ2) is 10.0. The number of ether oxygens (including phenoxy) is 1. The van der Waals surface area contributed by atoms with Crippen LogP contribution in [0.3, 0.4) is 0 Å². The van der Waals surface area contributed by atoms with Crippen LogP contribution in [-0.4, -0.2) is 11.0 Å². The van der Waals surface area contributed by atoms with Crippen LogP contribution in [-0.2, 0) is 4.74 Å². The predicted molar refractivity (Wildman–Crippen MR) is 145 cm³/mol. The molecule has 0 aliphatic rings. The fraction of sp³-hybridized carbons (Fsp3) is 0.0667. The van der Waals surface area contributed by atoms with E-state index in [1.54, 1.807) is 12.1 Å². The lowest BCUT2D eigenvalue weighted by Crippen LogP contribution is -2.14. The van der Waals surface area contributed by atoms with E-state index < -0.39 is 12.1 Å². The summed E-state index contributed by atoms with van der Waals surface area (Å²) in [6, 6.07) is 32.8. The molecule has 5 aromatic rings. The normalized spacial score (nSPS) is 11.1. The number of nitrogens with zero attached hydrogens (tertiary/aromatic N) is 1. The third-order valence-electron chi connectivity index (χ3n) is 5.86. The maximum atomic E-state index is 13.8. The van der Waals surface area contributed by atoms with Gasteiger partial charge in [-0.05, 0) is 53.9 Å². The molecular weight excluding hydrogens is 522 g/mol. The summed E-state index contributed by atoms with van der Waals surface area (Å²) < 4.78 is 7.16. The molecule has 0 fully saturated rings. The summed E-state index contributed by atoms with van der Waals surface area (Å²) in [4.78, 5) is 18.6.